The van der Waals surface area contributed by atoms with Crippen LogP contribution in [0.1, 0.15) is 26.7 Å². The van der Waals surface area contributed by atoms with Gasteiger partial charge in [-0.25, -0.2) is 0 Å². The van der Waals surface area contributed by atoms with Crippen molar-refractivity contribution in [1.82, 2.24) is 4.90 Å². The summed E-state index contributed by atoms with van der Waals surface area (Å²) in [6.07, 6.45) is 4.49. The van der Waals surface area contributed by atoms with Gasteiger partial charge in [0.2, 0.25) is 0 Å². The Morgan fingerprint density at radius 2 is 2.29 bits per heavy atom. The van der Waals surface area contributed by atoms with E-state index in [2.05, 4.69) is 31.9 Å². The molecule has 1 rings (SSSR count). The third-order valence-corrected chi connectivity index (χ3v) is 3.75. The fourth-order valence-corrected chi connectivity index (χ4v) is 2.71. The van der Waals surface area contributed by atoms with Crippen molar-refractivity contribution in [3.8, 4) is 0 Å². The van der Waals surface area contributed by atoms with Gasteiger partial charge in [-0.15, -0.1) is 0 Å². The van der Waals surface area contributed by atoms with E-state index in [1.54, 1.807) is 7.11 Å². The number of allylic oxidation sites excluding steroid dienone is 1. The Bertz CT molecular complexity index is 253. The summed E-state index contributed by atoms with van der Waals surface area (Å²) >= 11 is 0. The molecule has 0 radical (unpaired) electrons. The van der Waals surface area contributed by atoms with E-state index in [4.69, 9.17) is 4.74 Å². The van der Waals surface area contributed by atoms with Gasteiger partial charge < -0.3 is 14.7 Å². The average molecular weight is 241 g/mol. The summed E-state index contributed by atoms with van der Waals surface area (Å²) in [6, 6.07) is 0. The van der Waals surface area contributed by atoms with Crippen LogP contribution in [0.25, 0.3) is 0 Å². The predicted octanol–water partition coefficient (Wildman–Crippen LogP) is 1.92. The van der Waals surface area contributed by atoms with Gasteiger partial charge in [-0.1, -0.05) is 18.6 Å². The van der Waals surface area contributed by atoms with Gasteiger partial charge in [0.05, 0.1) is 12.7 Å². The number of ether oxygens (including phenoxy) is 1. The lowest BCUT2D eigenvalue weighted by Crippen LogP contribution is -2.37. The van der Waals surface area contributed by atoms with Crippen LogP contribution in [0.15, 0.2) is 11.6 Å². The zero-order chi connectivity index (χ0) is 12.8. The highest BCUT2D eigenvalue weighted by molar-refractivity contribution is 5.09. The minimum absolute atomic E-state index is 0.381. The van der Waals surface area contributed by atoms with Gasteiger partial charge in [0.1, 0.15) is 0 Å². The van der Waals surface area contributed by atoms with Gasteiger partial charge in [-0.3, -0.25) is 0 Å². The molecule has 0 heterocycles. The van der Waals surface area contributed by atoms with Crippen LogP contribution in [-0.4, -0.2) is 50.0 Å². The molecule has 17 heavy (non-hydrogen) atoms. The monoisotopic (exact) mass is 241 g/mol. The fourth-order valence-electron chi connectivity index (χ4n) is 2.71. The number of hydrogen-bond acceptors (Lipinski definition) is 3. The molecule has 1 aliphatic carbocycles. The second-order valence-electron chi connectivity index (χ2n) is 5.44. The number of likely N-dealkylation sites (N-methyl/N-ethyl adjacent to an activating group) is 1. The quantitative estimate of drug-likeness (QED) is 0.721. The van der Waals surface area contributed by atoms with Crippen LogP contribution in [0.3, 0.4) is 0 Å². The lowest BCUT2D eigenvalue weighted by Gasteiger charge is -2.33. The topological polar surface area (TPSA) is 32.7 Å². The molecule has 3 atom stereocenters. The van der Waals surface area contributed by atoms with Gasteiger partial charge >= 0.3 is 0 Å². The number of nitrogens with zero attached hydrogens (tertiary/aromatic N) is 1. The van der Waals surface area contributed by atoms with E-state index in [0.717, 1.165) is 12.5 Å². The highest BCUT2D eigenvalue weighted by atomic mass is 16.5. The predicted molar refractivity (Wildman–Crippen MR) is 71.0 cm³/mol. The molecule has 0 spiro atoms. The van der Waals surface area contributed by atoms with E-state index < -0.39 is 0 Å². The van der Waals surface area contributed by atoms with Crippen molar-refractivity contribution in [2.45, 2.75) is 32.8 Å². The van der Waals surface area contributed by atoms with Crippen LogP contribution in [0.2, 0.25) is 0 Å². The van der Waals surface area contributed by atoms with E-state index >= 15 is 0 Å². The molecular formula is C14H27NO2. The maximum atomic E-state index is 9.70. The highest BCUT2D eigenvalue weighted by Gasteiger charge is 2.23. The zero-order valence-corrected chi connectivity index (χ0v) is 11.6. The van der Waals surface area contributed by atoms with Gasteiger partial charge in [-0.2, -0.15) is 0 Å². The summed E-state index contributed by atoms with van der Waals surface area (Å²) in [5, 5.41) is 9.70. The van der Waals surface area contributed by atoms with Gasteiger partial charge in [0, 0.05) is 20.2 Å². The molecule has 1 N–H and O–H groups in total. The molecule has 3 heteroatoms. The van der Waals surface area contributed by atoms with Crippen LogP contribution in [0.4, 0.5) is 0 Å². The molecule has 3 nitrogen and oxygen atoms in total. The molecule has 100 valence electrons. The number of rotatable bonds is 6. The summed E-state index contributed by atoms with van der Waals surface area (Å²) in [6.45, 7) is 6.70. The fraction of sp³-hybridized carbons (Fsp3) is 0.857. The Morgan fingerprint density at radius 1 is 1.59 bits per heavy atom. The Kier molecular flexibility index (Phi) is 6.17. The molecule has 0 unspecified atom stereocenters. The van der Waals surface area contributed by atoms with Crippen molar-refractivity contribution in [2.24, 2.45) is 11.8 Å². The number of hydrogen-bond donors (Lipinski definition) is 1. The molecule has 1 aliphatic rings. The molecule has 0 aromatic heterocycles. The summed E-state index contributed by atoms with van der Waals surface area (Å²) < 4.78 is 4.95. The minimum Gasteiger partial charge on any atom is -0.389 e. The second kappa shape index (κ2) is 7.14. The maximum Gasteiger partial charge on any atom is 0.0899 e. The zero-order valence-electron chi connectivity index (χ0n) is 11.6. The minimum atomic E-state index is -0.381. The normalized spacial score (nSPS) is 27.1. The van der Waals surface area contributed by atoms with Crippen molar-refractivity contribution in [3.05, 3.63) is 11.6 Å². The SMILES string of the molecule is COC[C@H](O)CN(C)C[C@H]1C(C)=CCC[C@H]1C. The maximum absolute atomic E-state index is 9.70. The molecule has 0 saturated carbocycles. The summed E-state index contributed by atoms with van der Waals surface area (Å²) in [7, 11) is 3.70. The van der Waals surface area contributed by atoms with Crippen molar-refractivity contribution >= 4 is 0 Å². The number of methoxy groups -OCH3 is 1. The van der Waals surface area contributed by atoms with E-state index in [0.29, 0.717) is 19.1 Å². The first-order valence-electron chi connectivity index (χ1n) is 6.56. The van der Waals surface area contributed by atoms with Crippen LogP contribution in [-0.2, 0) is 4.74 Å². The summed E-state index contributed by atoms with van der Waals surface area (Å²) in [4.78, 5) is 2.22. The van der Waals surface area contributed by atoms with Crippen LogP contribution < -0.4 is 0 Å². The Morgan fingerprint density at radius 3 is 2.88 bits per heavy atom. The summed E-state index contributed by atoms with van der Waals surface area (Å²) in [5.41, 5.74) is 1.51. The van der Waals surface area contributed by atoms with Crippen molar-refractivity contribution in [1.29, 1.82) is 0 Å². The van der Waals surface area contributed by atoms with E-state index in [-0.39, 0.29) is 6.10 Å². The van der Waals surface area contributed by atoms with Crippen molar-refractivity contribution < 1.29 is 9.84 Å². The van der Waals surface area contributed by atoms with Gasteiger partial charge in [0.25, 0.3) is 0 Å². The van der Waals surface area contributed by atoms with Gasteiger partial charge in [-0.05, 0) is 38.6 Å². The lowest BCUT2D eigenvalue weighted by atomic mass is 9.80. The van der Waals surface area contributed by atoms with Crippen molar-refractivity contribution in [3.63, 3.8) is 0 Å². The van der Waals surface area contributed by atoms with E-state index in [9.17, 15) is 5.11 Å². The van der Waals surface area contributed by atoms with Crippen LogP contribution in [0, 0.1) is 11.8 Å². The Hall–Kier alpha value is -0.380. The first-order valence-corrected chi connectivity index (χ1v) is 6.56. The molecule has 0 amide bonds. The molecule has 0 aromatic rings. The molecular weight excluding hydrogens is 214 g/mol. The smallest absolute Gasteiger partial charge is 0.0899 e. The van der Waals surface area contributed by atoms with E-state index in [1.165, 1.54) is 18.4 Å². The molecule has 0 bridgehead atoms. The Balaban J connectivity index is 2.41. The van der Waals surface area contributed by atoms with Crippen LogP contribution in [0.5, 0.6) is 0 Å². The number of aliphatic hydroxyl groups excluding tert-OH is 1. The average Bonchev–Trinajstić information content (AvgIpc) is 2.24. The van der Waals surface area contributed by atoms with E-state index in [1.807, 2.05) is 0 Å². The molecule has 0 saturated heterocycles. The lowest BCUT2D eigenvalue weighted by molar-refractivity contribution is 0.0395. The van der Waals surface area contributed by atoms with Crippen molar-refractivity contribution in [2.75, 3.05) is 33.9 Å². The molecule has 0 fully saturated rings. The first-order chi connectivity index (χ1) is 8.04. The molecule has 0 aliphatic heterocycles. The van der Waals surface area contributed by atoms with Gasteiger partial charge in [0.15, 0.2) is 0 Å². The van der Waals surface area contributed by atoms with Crippen LogP contribution >= 0.6 is 0 Å². The largest absolute Gasteiger partial charge is 0.389 e. The number of aliphatic hydroxyl groups is 1. The third-order valence-electron chi connectivity index (χ3n) is 3.75. The molecule has 0 aromatic carbocycles. The standard InChI is InChI=1S/C14H27NO2/c1-11-6-5-7-12(2)14(11)9-15(3)8-13(16)10-17-4/h6,12-14,16H,5,7-10H2,1-4H3/t12-,13-,14+/m1/s1. The second-order valence-corrected chi connectivity index (χ2v) is 5.44. The summed E-state index contributed by atoms with van der Waals surface area (Å²) in [5.74, 6) is 1.39. The third kappa shape index (κ3) is 4.78. The Labute approximate surface area is 105 Å². The highest BCUT2D eigenvalue weighted by Crippen LogP contribution is 2.30. The first kappa shape index (κ1) is 14.7.